The van der Waals surface area contributed by atoms with Crippen molar-refractivity contribution in [2.24, 2.45) is 0 Å². The molecule has 104 valence electrons. The maximum absolute atomic E-state index is 11.7. The van der Waals surface area contributed by atoms with Crippen LogP contribution < -0.4 is 5.32 Å². The Kier molecular flexibility index (Phi) is 5.76. The number of carbonyl (C=O) groups excluding carboxylic acids is 1. The molecule has 6 heteroatoms. The second-order valence-electron chi connectivity index (χ2n) is 4.00. The molecule has 0 aliphatic carbocycles. The van der Waals surface area contributed by atoms with Gasteiger partial charge in [0.15, 0.2) is 11.5 Å². The molecule has 0 spiro atoms. The highest BCUT2D eigenvalue weighted by atomic mass is 32.2. The van der Waals surface area contributed by atoms with E-state index in [0.29, 0.717) is 28.8 Å². The van der Waals surface area contributed by atoms with Crippen LogP contribution >= 0.6 is 24.0 Å². The predicted octanol–water partition coefficient (Wildman–Crippen LogP) is 3.06. The van der Waals surface area contributed by atoms with Gasteiger partial charge >= 0.3 is 0 Å². The zero-order valence-corrected chi connectivity index (χ0v) is 12.4. The van der Waals surface area contributed by atoms with Gasteiger partial charge in [0.25, 0.3) is 0 Å². The van der Waals surface area contributed by atoms with E-state index in [1.807, 2.05) is 12.1 Å². The van der Waals surface area contributed by atoms with E-state index < -0.39 is 0 Å². The van der Waals surface area contributed by atoms with Gasteiger partial charge in [-0.1, -0.05) is 30.0 Å². The van der Waals surface area contributed by atoms with Crippen LogP contribution in [0.25, 0.3) is 0 Å². The summed E-state index contributed by atoms with van der Waals surface area (Å²) >= 11 is 6.66. The molecule has 0 saturated heterocycles. The summed E-state index contributed by atoms with van der Waals surface area (Å²) in [6.07, 6.45) is 5.44. The number of furan rings is 1. The lowest BCUT2D eigenvalue weighted by Gasteiger charge is -2.06. The first-order valence-electron chi connectivity index (χ1n) is 6.12. The SMILES string of the molecule is O=C(CCSC(=S)NCc1cccnc1)c1ccco1. The fourth-order valence-electron chi connectivity index (χ4n) is 1.52. The molecule has 0 unspecified atom stereocenters. The minimum Gasteiger partial charge on any atom is -0.461 e. The third-order valence-corrected chi connectivity index (χ3v) is 3.83. The van der Waals surface area contributed by atoms with Crippen LogP contribution in [-0.4, -0.2) is 20.8 Å². The molecular formula is C14H14N2O2S2. The molecule has 0 aliphatic heterocycles. The average Bonchev–Trinajstić information content (AvgIpc) is 3.00. The molecule has 2 aromatic heterocycles. The quantitative estimate of drug-likeness (QED) is 0.654. The summed E-state index contributed by atoms with van der Waals surface area (Å²) < 4.78 is 5.73. The van der Waals surface area contributed by atoms with Crippen LogP contribution in [0.1, 0.15) is 22.5 Å². The monoisotopic (exact) mass is 306 g/mol. The van der Waals surface area contributed by atoms with Crippen LogP contribution in [0.2, 0.25) is 0 Å². The maximum Gasteiger partial charge on any atom is 0.198 e. The molecule has 2 rings (SSSR count). The Hall–Kier alpha value is -1.66. The molecule has 0 bridgehead atoms. The van der Waals surface area contributed by atoms with E-state index in [1.165, 1.54) is 18.0 Å². The topological polar surface area (TPSA) is 55.1 Å². The summed E-state index contributed by atoms with van der Waals surface area (Å²) in [7, 11) is 0. The molecule has 1 N–H and O–H groups in total. The normalized spacial score (nSPS) is 10.2. The molecule has 2 aromatic rings. The van der Waals surface area contributed by atoms with Gasteiger partial charge in [0.2, 0.25) is 0 Å². The first-order valence-corrected chi connectivity index (χ1v) is 7.51. The molecule has 0 amide bonds. The highest BCUT2D eigenvalue weighted by Crippen LogP contribution is 2.10. The standard InChI is InChI=1S/C14H14N2O2S2/c17-12(13-4-2-7-18-13)5-8-20-14(19)16-10-11-3-1-6-15-9-11/h1-4,6-7,9H,5,8,10H2,(H,16,19). The summed E-state index contributed by atoms with van der Waals surface area (Å²) in [4.78, 5) is 15.7. The maximum atomic E-state index is 11.7. The van der Waals surface area contributed by atoms with Crippen LogP contribution in [0.5, 0.6) is 0 Å². The molecule has 0 atom stereocenters. The summed E-state index contributed by atoms with van der Waals surface area (Å²) in [5, 5.41) is 3.13. The first kappa shape index (κ1) is 14.7. The fraction of sp³-hybridized carbons (Fsp3) is 0.214. The number of ketones is 1. The highest BCUT2D eigenvalue weighted by molar-refractivity contribution is 8.22. The fourth-order valence-corrected chi connectivity index (χ4v) is 2.49. The third kappa shape index (κ3) is 4.79. The zero-order chi connectivity index (χ0) is 14.2. The van der Waals surface area contributed by atoms with E-state index in [4.69, 9.17) is 16.6 Å². The van der Waals surface area contributed by atoms with Crippen LogP contribution in [0.3, 0.4) is 0 Å². The Morgan fingerprint density at radius 1 is 1.40 bits per heavy atom. The molecule has 4 nitrogen and oxygen atoms in total. The minimum atomic E-state index is -0.00226. The predicted molar refractivity (Wildman–Crippen MR) is 83.8 cm³/mol. The van der Waals surface area contributed by atoms with Gasteiger partial charge < -0.3 is 9.73 Å². The average molecular weight is 306 g/mol. The second-order valence-corrected chi connectivity index (χ2v) is 5.77. The van der Waals surface area contributed by atoms with Crippen LogP contribution in [0.4, 0.5) is 0 Å². The number of nitrogens with zero attached hydrogens (tertiary/aromatic N) is 1. The summed E-state index contributed by atoms with van der Waals surface area (Å²) in [5.74, 6) is 1.04. The van der Waals surface area contributed by atoms with Crippen molar-refractivity contribution < 1.29 is 9.21 Å². The lowest BCUT2D eigenvalue weighted by atomic mass is 10.2. The van der Waals surface area contributed by atoms with Crippen molar-refractivity contribution in [1.29, 1.82) is 0 Å². The van der Waals surface area contributed by atoms with Gasteiger partial charge in [-0.15, -0.1) is 0 Å². The van der Waals surface area contributed by atoms with E-state index in [0.717, 1.165) is 5.56 Å². The number of rotatable bonds is 6. The van der Waals surface area contributed by atoms with E-state index in [1.54, 1.807) is 24.5 Å². The highest BCUT2D eigenvalue weighted by Gasteiger charge is 2.08. The van der Waals surface area contributed by atoms with Gasteiger partial charge in [0.05, 0.1) is 6.26 Å². The van der Waals surface area contributed by atoms with Crippen molar-refractivity contribution in [1.82, 2.24) is 10.3 Å². The molecular weight excluding hydrogens is 292 g/mol. The second kappa shape index (κ2) is 7.81. The van der Waals surface area contributed by atoms with Crippen molar-refractivity contribution in [3.8, 4) is 0 Å². The number of Topliss-reactive ketones (excluding diaryl/α,β-unsaturated/α-hetero) is 1. The molecule has 0 fully saturated rings. The van der Waals surface area contributed by atoms with Gasteiger partial charge in [0, 0.05) is 31.1 Å². The van der Waals surface area contributed by atoms with Gasteiger partial charge in [0.1, 0.15) is 4.32 Å². The summed E-state index contributed by atoms with van der Waals surface area (Å²) in [6, 6.07) is 7.25. The van der Waals surface area contributed by atoms with Crippen LogP contribution in [-0.2, 0) is 6.54 Å². The van der Waals surface area contributed by atoms with E-state index in [-0.39, 0.29) is 5.78 Å². The van der Waals surface area contributed by atoms with Gasteiger partial charge in [-0.3, -0.25) is 9.78 Å². The summed E-state index contributed by atoms with van der Waals surface area (Å²) in [5.41, 5.74) is 1.07. The Bertz CT molecular complexity index is 556. The molecule has 0 radical (unpaired) electrons. The number of aromatic nitrogens is 1. The number of thioether (sulfide) groups is 1. The Morgan fingerprint density at radius 2 is 2.30 bits per heavy atom. The molecule has 0 aromatic carbocycles. The van der Waals surface area contributed by atoms with Crippen molar-refractivity contribution in [3.63, 3.8) is 0 Å². The molecule has 2 heterocycles. The van der Waals surface area contributed by atoms with E-state index in [2.05, 4.69) is 10.3 Å². The molecule has 0 aliphatic rings. The van der Waals surface area contributed by atoms with Crippen molar-refractivity contribution in [2.75, 3.05) is 5.75 Å². The van der Waals surface area contributed by atoms with Gasteiger partial charge in [-0.05, 0) is 23.8 Å². The van der Waals surface area contributed by atoms with E-state index >= 15 is 0 Å². The van der Waals surface area contributed by atoms with Crippen LogP contribution in [0.15, 0.2) is 47.3 Å². The Labute approximate surface area is 127 Å². The Morgan fingerprint density at radius 3 is 3.00 bits per heavy atom. The lowest BCUT2D eigenvalue weighted by molar-refractivity contribution is 0.0963. The van der Waals surface area contributed by atoms with Gasteiger partial charge in [-0.25, -0.2) is 0 Å². The first-order chi connectivity index (χ1) is 9.75. The summed E-state index contributed by atoms with van der Waals surface area (Å²) in [6.45, 7) is 0.645. The molecule has 0 saturated carbocycles. The largest absolute Gasteiger partial charge is 0.461 e. The van der Waals surface area contributed by atoms with Gasteiger partial charge in [-0.2, -0.15) is 0 Å². The van der Waals surface area contributed by atoms with Crippen molar-refractivity contribution in [3.05, 3.63) is 54.2 Å². The molecule has 20 heavy (non-hydrogen) atoms. The Balaban J connectivity index is 1.64. The van der Waals surface area contributed by atoms with E-state index in [9.17, 15) is 4.79 Å². The minimum absolute atomic E-state index is 0.00226. The van der Waals surface area contributed by atoms with Crippen LogP contribution in [0, 0.1) is 0 Å². The zero-order valence-electron chi connectivity index (χ0n) is 10.7. The van der Waals surface area contributed by atoms with Crippen molar-refractivity contribution >= 4 is 34.1 Å². The number of pyridine rings is 1. The number of carbonyl (C=O) groups is 1. The third-order valence-electron chi connectivity index (χ3n) is 2.52. The lowest BCUT2D eigenvalue weighted by Crippen LogP contribution is -2.18. The number of nitrogens with one attached hydrogen (secondary N) is 1. The number of hydrogen-bond acceptors (Lipinski definition) is 5. The number of hydrogen-bond donors (Lipinski definition) is 1. The van der Waals surface area contributed by atoms with Crippen molar-refractivity contribution in [2.45, 2.75) is 13.0 Å². The number of thiocarbonyl (C=S) groups is 1. The smallest absolute Gasteiger partial charge is 0.198 e.